The van der Waals surface area contributed by atoms with Crippen LogP contribution in [0.2, 0.25) is 0 Å². The molecule has 1 atom stereocenters. The van der Waals surface area contributed by atoms with Gasteiger partial charge in [-0.25, -0.2) is 9.78 Å². The normalized spacial score (nSPS) is 12.2. The largest absolute Gasteiger partial charge is 0.329 e. The van der Waals surface area contributed by atoms with E-state index in [4.69, 9.17) is 0 Å². The first-order valence-corrected chi connectivity index (χ1v) is 5.91. The molecule has 2 rings (SSSR count). The number of hydrogen-bond acceptors (Lipinski definition) is 2. The Bertz CT molecular complexity index is 516. The maximum atomic E-state index is 12.1. The Labute approximate surface area is 107 Å². The quantitative estimate of drug-likeness (QED) is 0.813. The summed E-state index contributed by atoms with van der Waals surface area (Å²) < 4.78 is 1.48. The van der Waals surface area contributed by atoms with Crippen molar-refractivity contribution in [3.63, 3.8) is 0 Å². The molecule has 0 saturated carbocycles. The fourth-order valence-corrected chi connectivity index (χ4v) is 1.79. The predicted molar refractivity (Wildman–Crippen MR) is 70.4 cm³/mol. The third-order valence-electron chi connectivity index (χ3n) is 3.17. The van der Waals surface area contributed by atoms with Gasteiger partial charge in [-0.15, -0.1) is 0 Å². The molecule has 4 heteroatoms. The van der Waals surface area contributed by atoms with E-state index in [1.807, 2.05) is 6.92 Å². The van der Waals surface area contributed by atoms with Gasteiger partial charge in [-0.2, -0.15) is 0 Å². The van der Waals surface area contributed by atoms with Gasteiger partial charge in [0.1, 0.15) is 6.33 Å². The number of benzene rings is 1. The van der Waals surface area contributed by atoms with Crippen molar-refractivity contribution in [3.05, 3.63) is 54.1 Å². The minimum atomic E-state index is -0.0828. The van der Waals surface area contributed by atoms with Crippen molar-refractivity contribution in [2.24, 2.45) is 0 Å². The monoisotopic (exact) mass is 243 g/mol. The second kappa shape index (κ2) is 5.04. The van der Waals surface area contributed by atoms with Crippen LogP contribution < -0.4 is 0 Å². The highest BCUT2D eigenvalue weighted by atomic mass is 16.2. The molecule has 1 heterocycles. The van der Waals surface area contributed by atoms with Crippen LogP contribution >= 0.6 is 0 Å². The standard InChI is InChI=1S/C14H17N3O/c1-11-4-6-13(7-5-11)12(2)16(3)14(18)17-9-8-15-10-17/h4-10,12H,1-3H3. The van der Waals surface area contributed by atoms with E-state index in [0.717, 1.165) is 5.56 Å². The average molecular weight is 243 g/mol. The third-order valence-corrected chi connectivity index (χ3v) is 3.17. The molecule has 1 aromatic carbocycles. The highest BCUT2D eigenvalue weighted by molar-refractivity contribution is 5.76. The lowest BCUT2D eigenvalue weighted by Crippen LogP contribution is -2.32. The molecule has 0 bridgehead atoms. The molecule has 18 heavy (non-hydrogen) atoms. The minimum absolute atomic E-state index is 0.0282. The highest BCUT2D eigenvalue weighted by Gasteiger charge is 2.18. The fourth-order valence-electron chi connectivity index (χ4n) is 1.79. The van der Waals surface area contributed by atoms with Crippen LogP contribution in [0.5, 0.6) is 0 Å². The number of aryl methyl sites for hydroxylation is 1. The lowest BCUT2D eigenvalue weighted by Gasteiger charge is -2.25. The fraction of sp³-hybridized carbons (Fsp3) is 0.286. The van der Waals surface area contributed by atoms with Crippen molar-refractivity contribution < 1.29 is 4.79 Å². The van der Waals surface area contributed by atoms with E-state index in [1.54, 1.807) is 24.3 Å². The molecule has 0 N–H and O–H groups in total. The van der Waals surface area contributed by atoms with Gasteiger partial charge < -0.3 is 4.90 Å². The number of nitrogens with zero attached hydrogens (tertiary/aromatic N) is 3. The highest BCUT2D eigenvalue weighted by Crippen LogP contribution is 2.19. The summed E-state index contributed by atoms with van der Waals surface area (Å²) >= 11 is 0. The summed E-state index contributed by atoms with van der Waals surface area (Å²) in [7, 11) is 1.80. The summed E-state index contributed by atoms with van der Waals surface area (Å²) in [5.41, 5.74) is 2.34. The third kappa shape index (κ3) is 2.42. The van der Waals surface area contributed by atoms with E-state index in [0.29, 0.717) is 0 Å². The molecule has 0 aliphatic heterocycles. The number of aromatic nitrogens is 2. The molecule has 94 valence electrons. The van der Waals surface area contributed by atoms with Crippen LogP contribution in [0.15, 0.2) is 43.0 Å². The van der Waals surface area contributed by atoms with Crippen molar-refractivity contribution in [2.45, 2.75) is 19.9 Å². The molecule has 0 aliphatic carbocycles. The maximum absolute atomic E-state index is 12.1. The van der Waals surface area contributed by atoms with Gasteiger partial charge >= 0.3 is 6.03 Å². The van der Waals surface area contributed by atoms with E-state index in [9.17, 15) is 4.79 Å². The van der Waals surface area contributed by atoms with E-state index in [1.165, 1.54) is 16.5 Å². The Hall–Kier alpha value is -2.10. The first kappa shape index (κ1) is 12.4. The summed E-state index contributed by atoms with van der Waals surface area (Å²) in [6, 6.07) is 8.17. The number of imidazole rings is 1. The molecule has 0 fully saturated rings. The van der Waals surface area contributed by atoms with Crippen LogP contribution in [-0.2, 0) is 0 Å². The second-order valence-electron chi connectivity index (χ2n) is 4.45. The molecule has 0 spiro atoms. The number of carbonyl (C=O) groups excluding carboxylic acids is 1. The lowest BCUT2D eigenvalue weighted by molar-refractivity contribution is 0.196. The Morgan fingerprint density at radius 1 is 1.33 bits per heavy atom. The van der Waals surface area contributed by atoms with E-state index < -0.39 is 0 Å². The van der Waals surface area contributed by atoms with Gasteiger partial charge in [-0.3, -0.25) is 4.57 Å². The SMILES string of the molecule is Cc1ccc(C(C)N(C)C(=O)n2ccnc2)cc1. The molecule has 2 aromatic rings. The Morgan fingerprint density at radius 3 is 2.56 bits per heavy atom. The number of carbonyl (C=O) groups is 1. The number of hydrogen-bond donors (Lipinski definition) is 0. The van der Waals surface area contributed by atoms with Gasteiger partial charge in [0.05, 0.1) is 6.04 Å². The first-order valence-electron chi connectivity index (χ1n) is 5.91. The van der Waals surface area contributed by atoms with Crippen LogP contribution in [0.25, 0.3) is 0 Å². The van der Waals surface area contributed by atoms with Crippen molar-refractivity contribution in [2.75, 3.05) is 7.05 Å². The smallest absolute Gasteiger partial charge is 0.320 e. The van der Waals surface area contributed by atoms with Crippen LogP contribution in [0.3, 0.4) is 0 Å². The van der Waals surface area contributed by atoms with Gasteiger partial charge in [0.25, 0.3) is 0 Å². The summed E-state index contributed by atoms with van der Waals surface area (Å²) in [5.74, 6) is 0. The summed E-state index contributed by atoms with van der Waals surface area (Å²) in [5, 5.41) is 0. The number of rotatable bonds is 2. The zero-order valence-corrected chi connectivity index (χ0v) is 10.9. The summed E-state index contributed by atoms with van der Waals surface area (Å²) in [6.07, 6.45) is 4.77. The Balaban J connectivity index is 2.16. The average Bonchev–Trinajstić information content (AvgIpc) is 2.91. The number of amides is 1. The van der Waals surface area contributed by atoms with E-state index in [2.05, 4.69) is 36.2 Å². The predicted octanol–water partition coefficient (Wildman–Crippen LogP) is 2.85. The van der Waals surface area contributed by atoms with Crippen LogP contribution in [0.4, 0.5) is 4.79 Å². The van der Waals surface area contributed by atoms with Crippen LogP contribution in [-0.4, -0.2) is 27.5 Å². The summed E-state index contributed by atoms with van der Waals surface area (Å²) in [6.45, 7) is 4.06. The molecular formula is C14H17N3O. The van der Waals surface area contributed by atoms with E-state index in [-0.39, 0.29) is 12.1 Å². The molecule has 1 amide bonds. The second-order valence-corrected chi connectivity index (χ2v) is 4.45. The molecule has 0 saturated heterocycles. The van der Waals surface area contributed by atoms with Crippen LogP contribution in [0.1, 0.15) is 24.1 Å². The van der Waals surface area contributed by atoms with Crippen molar-refractivity contribution >= 4 is 6.03 Å². The zero-order chi connectivity index (χ0) is 13.1. The van der Waals surface area contributed by atoms with Crippen molar-refractivity contribution in [1.82, 2.24) is 14.5 Å². The first-order chi connectivity index (χ1) is 8.59. The minimum Gasteiger partial charge on any atom is -0.320 e. The molecule has 4 nitrogen and oxygen atoms in total. The molecule has 1 unspecified atom stereocenters. The van der Waals surface area contributed by atoms with E-state index >= 15 is 0 Å². The van der Waals surface area contributed by atoms with Gasteiger partial charge in [-0.05, 0) is 19.4 Å². The molecular weight excluding hydrogens is 226 g/mol. The van der Waals surface area contributed by atoms with Crippen LogP contribution in [0, 0.1) is 6.92 Å². The topological polar surface area (TPSA) is 38.1 Å². The summed E-state index contributed by atoms with van der Waals surface area (Å²) in [4.78, 5) is 17.7. The van der Waals surface area contributed by atoms with Gasteiger partial charge in [0.2, 0.25) is 0 Å². The van der Waals surface area contributed by atoms with Crippen molar-refractivity contribution in [3.8, 4) is 0 Å². The Kier molecular flexibility index (Phi) is 3.46. The Morgan fingerprint density at radius 2 is 2.00 bits per heavy atom. The zero-order valence-electron chi connectivity index (χ0n) is 10.9. The van der Waals surface area contributed by atoms with Gasteiger partial charge in [-0.1, -0.05) is 29.8 Å². The maximum Gasteiger partial charge on any atom is 0.329 e. The molecule has 0 aliphatic rings. The van der Waals surface area contributed by atoms with Gasteiger partial charge in [0, 0.05) is 19.4 Å². The van der Waals surface area contributed by atoms with Crippen molar-refractivity contribution in [1.29, 1.82) is 0 Å². The molecule has 1 aromatic heterocycles. The van der Waals surface area contributed by atoms with Gasteiger partial charge in [0.15, 0.2) is 0 Å². The lowest BCUT2D eigenvalue weighted by atomic mass is 10.1. The molecule has 0 radical (unpaired) electrons.